The van der Waals surface area contributed by atoms with E-state index in [0.29, 0.717) is 5.56 Å². The number of hydrogen-bond donors (Lipinski definition) is 1. The first-order valence-electron chi connectivity index (χ1n) is 5.34. The monoisotopic (exact) mass is 243 g/mol. The maximum absolute atomic E-state index is 12.0. The minimum Gasteiger partial charge on any atom is -0.388 e. The summed E-state index contributed by atoms with van der Waals surface area (Å²) in [7, 11) is 1.81. The summed E-state index contributed by atoms with van der Waals surface area (Å²) in [6.07, 6.45) is 3.46. The van der Waals surface area contributed by atoms with Gasteiger partial charge in [-0.1, -0.05) is 18.2 Å². The van der Waals surface area contributed by atoms with Crippen LogP contribution in [0.5, 0.6) is 0 Å². The molecule has 1 heterocycles. The highest BCUT2D eigenvalue weighted by Crippen LogP contribution is 2.16. The smallest absolute Gasteiger partial charge is 0.187 e. The molecule has 0 bridgehead atoms. The van der Waals surface area contributed by atoms with E-state index in [0.717, 1.165) is 10.6 Å². The van der Waals surface area contributed by atoms with E-state index in [1.807, 2.05) is 54.9 Å². The summed E-state index contributed by atoms with van der Waals surface area (Å²) in [5.41, 5.74) is 1.55. The maximum atomic E-state index is 12.0. The molecule has 2 rings (SSSR count). The van der Waals surface area contributed by atoms with Crippen molar-refractivity contribution in [2.45, 2.75) is 0 Å². The van der Waals surface area contributed by atoms with Crippen LogP contribution in [0.25, 0.3) is 6.08 Å². The molecule has 0 aliphatic carbocycles. The number of rotatable bonds is 4. The Morgan fingerprint density at radius 3 is 2.76 bits per heavy atom. The van der Waals surface area contributed by atoms with E-state index >= 15 is 0 Å². The van der Waals surface area contributed by atoms with Crippen molar-refractivity contribution in [1.29, 1.82) is 0 Å². The molecule has 1 aromatic carbocycles. The Bertz CT molecular complexity index is 529. The standard InChI is InChI=1S/C14H13NOS/c1-15-13-7-3-2-6-12(13)14(16)9-8-11-5-4-10-17-11/h2-10,15H,1H3/b9-8+. The van der Waals surface area contributed by atoms with Gasteiger partial charge in [0.15, 0.2) is 5.78 Å². The van der Waals surface area contributed by atoms with E-state index in [4.69, 9.17) is 0 Å². The Morgan fingerprint density at radius 2 is 2.06 bits per heavy atom. The third kappa shape index (κ3) is 2.82. The number of para-hydroxylation sites is 1. The molecule has 86 valence electrons. The van der Waals surface area contributed by atoms with Crippen molar-refractivity contribution in [1.82, 2.24) is 0 Å². The van der Waals surface area contributed by atoms with E-state index in [2.05, 4.69) is 5.32 Å². The van der Waals surface area contributed by atoms with Gasteiger partial charge in [0.25, 0.3) is 0 Å². The second-order valence-electron chi connectivity index (χ2n) is 3.51. The fraction of sp³-hybridized carbons (Fsp3) is 0.0714. The fourth-order valence-corrected chi connectivity index (χ4v) is 2.17. The first kappa shape index (κ1) is 11.6. The van der Waals surface area contributed by atoms with E-state index in [-0.39, 0.29) is 5.78 Å². The van der Waals surface area contributed by atoms with Gasteiger partial charge < -0.3 is 5.32 Å². The Kier molecular flexibility index (Phi) is 3.73. The van der Waals surface area contributed by atoms with Gasteiger partial charge in [0, 0.05) is 23.2 Å². The Labute approximate surface area is 105 Å². The predicted octanol–water partition coefficient (Wildman–Crippen LogP) is 3.69. The maximum Gasteiger partial charge on any atom is 0.187 e. The van der Waals surface area contributed by atoms with E-state index < -0.39 is 0 Å². The third-order valence-corrected chi connectivity index (χ3v) is 3.24. The highest BCUT2D eigenvalue weighted by Gasteiger charge is 2.06. The van der Waals surface area contributed by atoms with Crippen molar-refractivity contribution < 1.29 is 4.79 Å². The number of hydrogen-bond acceptors (Lipinski definition) is 3. The van der Waals surface area contributed by atoms with Gasteiger partial charge in [-0.05, 0) is 35.7 Å². The summed E-state index contributed by atoms with van der Waals surface area (Å²) in [5, 5.41) is 5.01. The van der Waals surface area contributed by atoms with Gasteiger partial charge in [0.05, 0.1) is 0 Å². The van der Waals surface area contributed by atoms with Crippen LogP contribution in [0.4, 0.5) is 5.69 Å². The zero-order valence-electron chi connectivity index (χ0n) is 9.51. The third-order valence-electron chi connectivity index (χ3n) is 2.40. The lowest BCUT2D eigenvalue weighted by Crippen LogP contribution is -2.00. The molecule has 17 heavy (non-hydrogen) atoms. The molecule has 0 aliphatic rings. The van der Waals surface area contributed by atoms with Crippen LogP contribution in [0.3, 0.4) is 0 Å². The van der Waals surface area contributed by atoms with Gasteiger partial charge in [-0.3, -0.25) is 4.79 Å². The van der Waals surface area contributed by atoms with E-state index in [1.54, 1.807) is 17.4 Å². The molecule has 0 amide bonds. The highest BCUT2D eigenvalue weighted by molar-refractivity contribution is 7.10. The second-order valence-corrected chi connectivity index (χ2v) is 4.49. The van der Waals surface area contributed by atoms with E-state index in [1.165, 1.54) is 0 Å². The van der Waals surface area contributed by atoms with Crippen LogP contribution in [0.2, 0.25) is 0 Å². The molecule has 1 aromatic heterocycles. The van der Waals surface area contributed by atoms with Gasteiger partial charge in [-0.25, -0.2) is 0 Å². The van der Waals surface area contributed by atoms with Gasteiger partial charge in [0.1, 0.15) is 0 Å². The lowest BCUT2D eigenvalue weighted by molar-refractivity contribution is 0.104. The Morgan fingerprint density at radius 1 is 1.24 bits per heavy atom. The van der Waals surface area contributed by atoms with Crippen LogP contribution in [0, 0.1) is 0 Å². The van der Waals surface area contributed by atoms with Crippen molar-refractivity contribution in [3.63, 3.8) is 0 Å². The van der Waals surface area contributed by atoms with Crippen molar-refractivity contribution in [3.05, 3.63) is 58.3 Å². The minimum absolute atomic E-state index is 0.0170. The summed E-state index contributed by atoms with van der Waals surface area (Å²) in [4.78, 5) is 13.1. The number of nitrogens with one attached hydrogen (secondary N) is 1. The molecule has 0 atom stereocenters. The molecule has 0 radical (unpaired) electrons. The molecule has 0 saturated carbocycles. The van der Waals surface area contributed by atoms with Crippen LogP contribution >= 0.6 is 11.3 Å². The zero-order chi connectivity index (χ0) is 12.1. The molecule has 0 fully saturated rings. The molecular formula is C14H13NOS. The highest BCUT2D eigenvalue weighted by atomic mass is 32.1. The largest absolute Gasteiger partial charge is 0.388 e. The van der Waals surface area contributed by atoms with Crippen molar-refractivity contribution in [3.8, 4) is 0 Å². The van der Waals surface area contributed by atoms with Crippen molar-refractivity contribution >= 4 is 28.9 Å². The lowest BCUT2D eigenvalue weighted by Gasteiger charge is -2.04. The Balaban J connectivity index is 2.20. The molecular weight excluding hydrogens is 230 g/mol. The predicted molar refractivity (Wildman–Crippen MR) is 73.7 cm³/mol. The average molecular weight is 243 g/mol. The quantitative estimate of drug-likeness (QED) is 0.655. The first-order valence-corrected chi connectivity index (χ1v) is 6.22. The molecule has 3 heteroatoms. The van der Waals surface area contributed by atoms with Crippen LogP contribution in [0.15, 0.2) is 47.9 Å². The molecule has 0 spiro atoms. The first-order chi connectivity index (χ1) is 8.31. The molecule has 2 nitrogen and oxygen atoms in total. The number of thiophene rings is 1. The van der Waals surface area contributed by atoms with Crippen molar-refractivity contribution in [2.75, 3.05) is 12.4 Å². The lowest BCUT2D eigenvalue weighted by atomic mass is 10.1. The van der Waals surface area contributed by atoms with Crippen LogP contribution in [0.1, 0.15) is 15.2 Å². The van der Waals surface area contributed by atoms with Gasteiger partial charge >= 0.3 is 0 Å². The topological polar surface area (TPSA) is 29.1 Å². The number of benzene rings is 1. The number of ketones is 1. The molecule has 0 unspecified atom stereocenters. The van der Waals surface area contributed by atoms with Gasteiger partial charge in [-0.15, -0.1) is 11.3 Å². The van der Waals surface area contributed by atoms with E-state index in [9.17, 15) is 4.79 Å². The summed E-state index contributed by atoms with van der Waals surface area (Å²) < 4.78 is 0. The molecule has 0 saturated heterocycles. The normalized spacial score (nSPS) is 10.6. The second kappa shape index (κ2) is 5.46. The zero-order valence-corrected chi connectivity index (χ0v) is 10.3. The number of carbonyl (C=O) groups is 1. The number of carbonyl (C=O) groups excluding carboxylic acids is 1. The summed E-state index contributed by atoms with van der Waals surface area (Å²) >= 11 is 1.62. The average Bonchev–Trinajstić information content (AvgIpc) is 2.89. The van der Waals surface area contributed by atoms with Gasteiger partial charge in [-0.2, -0.15) is 0 Å². The SMILES string of the molecule is CNc1ccccc1C(=O)/C=C/c1cccs1. The number of allylic oxidation sites excluding steroid dienone is 1. The van der Waals surface area contributed by atoms with Crippen molar-refractivity contribution in [2.24, 2.45) is 0 Å². The van der Waals surface area contributed by atoms with Crippen LogP contribution in [-0.4, -0.2) is 12.8 Å². The molecule has 1 N–H and O–H groups in total. The summed E-state index contributed by atoms with van der Waals surface area (Å²) in [6, 6.07) is 11.5. The molecule has 0 aliphatic heterocycles. The van der Waals surface area contributed by atoms with Crippen LogP contribution in [-0.2, 0) is 0 Å². The molecule has 2 aromatic rings. The summed E-state index contributed by atoms with van der Waals surface area (Å²) in [6.45, 7) is 0. The number of anilines is 1. The Hall–Kier alpha value is -1.87. The van der Waals surface area contributed by atoms with Crippen LogP contribution < -0.4 is 5.32 Å². The fourth-order valence-electron chi connectivity index (χ4n) is 1.55. The van der Waals surface area contributed by atoms with Gasteiger partial charge in [0.2, 0.25) is 0 Å². The minimum atomic E-state index is 0.0170. The summed E-state index contributed by atoms with van der Waals surface area (Å²) in [5.74, 6) is 0.0170.